The maximum atomic E-state index is 11.7. The molecule has 0 aromatic carbocycles. The Labute approximate surface area is 113 Å². The molecule has 96 valence electrons. The molecule has 0 aliphatic heterocycles. The number of nitrogens with one attached hydrogen (secondary N) is 2. The molecule has 6 heteroatoms. The third-order valence-electron chi connectivity index (χ3n) is 2.53. The number of aromatic nitrogens is 1. The van der Waals surface area contributed by atoms with Crippen LogP contribution in [0.25, 0.3) is 0 Å². The monoisotopic (exact) mass is 311 g/mol. The van der Waals surface area contributed by atoms with Crippen LogP contribution in [0.4, 0.5) is 0 Å². The van der Waals surface area contributed by atoms with Crippen LogP contribution in [0.5, 0.6) is 0 Å². The standard InChI is InChI=1S/C12H14BrN3O2/c13-10-3-1-2-9(16-10)12(18)14-7-6-11(17)15-8-4-5-8/h1-3,8H,4-7H2,(H,14,18)(H,15,17). The summed E-state index contributed by atoms with van der Waals surface area (Å²) in [6, 6.07) is 5.48. The van der Waals surface area contributed by atoms with E-state index in [4.69, 9.17) is 0 Å². The lowest BCUT2D eigenvalue weighted by atomic mass is 10.3. The van der Waals surface area contributed by atoms with Crippen molar-refractivity contribution in [2.45, 2.75) is 25.3 Å². The highest BCUT2D eigenvalue weighted by molar-refractivity contribution is 9.10. The van der Waals surface area contributed by atoms with Crippen molar-refractivity contribution in [3.8, 4) is 0 Å². The van der Waals surface area contributed by atoms with Gasteiger partial charge in [0.2, 0.25) is 5.91 Å². The fourth-order valence-electron chi connectivity index (χ4n) is 1.44. The van der Waals surface area contributed by atoms with Gasteiger partial charge in [-0.2, -0.15) is 0 Å². The minimum atomic E-state index is -0.268. The van der Waals surface area contributed by atoms with Gasteiger partial charge in [-0.15, -0.1) is 0 Å². The highest BCUT2D eigenvalue weighted by atomic mass is 79.9. The van der Waals surface area contributed by atoms with Crippen molar-refractivity contribution >= 4 is 27.7 Å². The van der Waals surface area contributed by atoms with Crippen molar-refractivity contribution in [1.29, 1.82) is 0 Å². The summed E-state index contributed by atoms with van der Waals surface area (Å²) in [7, 11) is 0. The molecule has 1 aromatic rings. The van der Waals surface area contributed by atoms with Crippen LogP contribution in [-0.2, 0) is 4.79 Å². The van der Waals surface area contributed by atoms with Crippen LogP contribution in [-0.4, -0.2) is 29.4 Å². The molecule has 1 aromatic heterocycles. The Morgan fingerprint density at radius 3 is 2.83 bits per heavy atom. The Kier molecular flexibility index (Phi) is 4.30. The van der Waals surface area contributed by atoms with E-state index in [-0.39, 0.29) is 11.8 Å². The van der Waals surface area contributed by atoms with E-state index in [9.17, 15) is 9.59 Å². The van der Waals surface area contributed by atoms with Gasteiger partial charge in [0.1, 0.15) is 10.3 Å². The predicted octanol–water partition coefficient (Wildman–Crippen LogP) is 1.24. The summed E-state index contributed by atoms with van der Waals surface area (Å²) in [5, 5.41) is 5.53. The van der Waals surface area contributed by atoms with Gasteiger partial charge in [-0.1, -0.05) is 6.07 Å². The highest BCUT2D eigenvalue weighted by Gasteiger charge is 2.22. The number of halogens is 1. The molecule has 0 atom stereocenters. The largest absolute Gasteiger partial charge is 0.353 e. The van der Waals surface area contributed by atoms with Crippen molar-refractivity contribution in [2.24, 2.45) is 0 Å². The molecule has 1 aliphatic carbocycles. The van der Waals surface area contributed by atoms with Gasteiger partial charge >= 0.3 is 0 Å². The van der Waals surface area contributed by atoms with E-state index >= 15 is 0 Å². The van der Waals surface area contributed by atoms with E-state index in [1.54, 1.807) is 18.2 Å². The number of hydrogen-bond acceptors (Lipinski definition) is 3. The predicted molar refractivity (Wildman–Crippen MR) is 70.1 cm³/mol. The second kappa shape index (κ2) is 5.95. The van der Waals surface area contributed by atoms with Crippen LogP contribution in [0.3, 0.4) is 0 Å². The third kappa shape index (κ3) is 4.10. The summed E-state index contributed by atoms with van der Waals surface area (Å²) in [6.45, 7) is 0.325. The van der Waals surface area contributed by atoms with Crippen LogP contribution >= 0.6 is 15.9 Å². The number of pyridine rings is 1. The van der Waals surface area contributed by atoms with Gasteiger partial charge in [-0.3, -0.25) is 9.59 Å². The van der Waals surface area contributed by atoms with Crippen LogP contribution in [0, 0.1) is 0 Å². The zero-order chi connectivity index (χ0) is 13.0. The summed E-state index contributed by atoms with van der Waals surface area (Å²) in [5.74, 6) is -0.282. The molecule has 1 heterocycles. The molecule has 1 aliphatic rings. The summed E-state index contributed by atoms with van der Waals surface area (Å²) >= 11 is 3.20. The Morgan fingerprint density at radius 2 is 2.17 bits per heavy atom. The molecule has 1 saturated carbocycles. The van der Waals surface area contributed by atoms with Crippen LogP contribution in [0.15, 0.2) is 22.8 Å². The highest BCUT2D eigenvalue weighted by Crippen LogP contribution is 2.18. The van der Waals surface area contributed by atoms with Gasteiger partial charge in [-0.25, -0.2) is 4.98 Å². The van der Waals surface area contributed by atoms with Gasteiger partial charge in [0.25, 0.3) is 5.91 Å². The Bertz CT molecular complexity index is 460. The lowest BCUT2D eigenvalue weighted by Crippen LogP contribution is -2.32. The first-order valence-corrected chi connectivity index (χ1v) is 6.64. The van der Waals surface area contributed by atoms with E-state index in [0.29, 0.717) is 29.3 Å². The molecule has 0 radical (unpaired) electrons. The first-order valence-electron chi connectivity index (χ1n) is 5.85. The molecule has 18 heavy (non-hydrogen) atoms. The average Bonchev–Trinajstić information content (AvgIpc) is 3.12. The Morgan fingerprint density at radius 1 is 1.39 bits per heavy atom. The molecular formula is C12H14BrN3O2. The number of hydrogen-bond donors (Lipinski definition) is 2. The smallest absolute Gasteiger partial charge is 0.269 e. The topological polar surface area (TPSA) is 71.1 Å². The van der Waals surface area contributed by atoms with Crippen LogP contribution < -0.4 is 10.6 Å². The zero-order valence-electron chi connectivity index (χ0n) is 9.78. The van der Waals surface area contributed by atoms with E-state index < -0.39 is 0 Å². The van der Waals surface area contributed by atoms with Crippen LogP contribution in [0.1, 0.15) is 29.8 Å². The molecule has 2 amide bonds. The maximum absolute atomic E-state index is 11.7. The van der Waals surface area contributed by atoms with Crippen molar-refractivity contribution in [3.63, 3.8) is 0 Å². The summed E-state index contributed by atoms with van der Waals surface area (Å²) in [6.07, 6.45) is 2.44. The fraction of sp³-hybridized carbons (Fsp3) is 0.417. The summed E-state index contributed by atoms with van der Waals surface area (Å²) in [4.78, 5) is 27.1. The summed E-state index contributed by atoms with van der Waals surface area (Å²) in [5.41, 5.74) is 0.340. The first-order chi connectivity index (χ1) is 8.65. The molecule has 2 N–H and O–H groups in total. The quantitative estimate of drug-likeness (QED) is 0.804. The molecule has 2 rings (SSSR count). The number of nitrogens with zero attached hydrogens (tertiary/aromatic N) is 1. The maximum Gasteiger partial charge on any atom is 0.269 e. The van der Waals surface area contributed by atoms with Gasteiger partial charge in [-0.05, 0) is 40.9 Å². The lowest BCUT2D eigenvalue weighted by Gasteiger charge is -2.05. The molecule has 0 spiro atoms. The number of carbonyl (C=O) groups excluding carboxylic acids is 2. The second-order valence-electron chi connectivity index (χ2n) is 4.19. The average molecular weight is 312 g/mol. The van der Waals surface area contributed by atoms with Crippen molar-refractivity contribution in [2.75, 3.05) is 6.54 Å². The molecule has 0 bridgehead atoms. The van der Waals surface area contributed by atoms with E-state index in [1.807, 2.05) is 0 Å². The first kappa shape index (κ1) is 13.0. The minimum Gasteiger partial charge on any atom is -0.353 e. The molecule has 0 saturated heterocycles. The summed E-state index contributed by atoms with van der Waals surface area (Å²) < 4.78 is 0.613. The van der Waals surface area contributed by atoms with Crippen molar-refractivity contribution in [1.82, 2.24) is 15.6 Å². The molecular weight excluding hydrogens is 298 g/mol. The van der Waals surface area contributed by atoms with Gasteiger partial charge in [0.15, 0.2) is 0 Å². The molecule has 1 fully saturated rings. The van der Waals surface area contributed by atoms with Gasteiger partial charge < -0.3 is 10.6 Å². The zero-order valence-corrected chi connectivity index (χ0v) is 11.4. The van der Waals surface area contributed by atoms with E-state index in [0.717, 1.165) is 12.8 Å². The molecule has 0 unspecified atom stereocenters. The van der Waals surface area contributed by atoms with Crippen molar-refractivity contribution in [3.05, 3.63) is 28.5 Å². The fourth-order valence-corrected chi connectivity index (χ4v) is 1.79. The lowest BCUT2D eigenvalue weighted by molar-refractivity contribution is -0.121. The van der Waals surface area contributed by atoms with Crippen LogP contribution in [0.2, 0.25) is 0 Å². The normalized spacial score (nSPS) is 14.1. The van der Waals surface area contributed by atoms with Gasteiger partial charge in [0.05, 0.1) is 0 Å². The number of carbonyl (C=O) groups is 2. The Balaban J connectivity index is 1.72. The van der Waals surface area contributed by atoms with E-state index in [2.05, 4.69) is 31.5 Å². The van der Waals surface area contributed by atoms with Gasteiger partial charge in [0, 0.05) is 19.0 Å². The van der Waals surface area contributed by atoms with Crippen molar-refractivity contribution < 1.29 is 9.59 Å². The van der Waals surface area contributed by atoms with E-state index in [1.165, 1.54) is 0 Å². The third-order valence-corrected chi connectivity index (χ3v) is 2.97. The SMILES string of the molecule is O=C(CCNC(=O)c1cccc(Br)n1)NC1CC1. The molecule has 5 nitrogen and oxygen atoms in total. The Hall–Kier alpha value is -1.43. The second-order valence-corrected chi connectivity index (χ2v) is 5.01. The number of rotatable bonds is 5. The minimum absolute atomic E-state index is 0.0139. The number of amides is 2.